The van der Waals surface area contributed by atoms with Gasteiger partial charge >= 0.3 is 0 Å². The van der Waals surface area contributed by atoms with Gasteiger partial charge < -0.3 is 0 Å². The van der Waals surface area contributed by atoms with Gasteiger partial charge in [-0.25, -0.2) is 4.90 Å². The van der Waals surface area contributed by atoms with E-state index in [1.54, 1.807) is 6.07 Å². The number of amides is 2. The van der Waals surface area contributed by atoms with Gasteiger partial charge in [0, 0.05) is 24.0 Å². The van der Waals surface area contributed by atoms with E-state index in [-0.39, 0.29) is 41.2 Å². The first-order valence-electron chi connectivity index (χ1n) is 9.10. The number of non-ortho nitro benzene ring substituents is 1. The molecule has 0 aromatic heterocycles. The average Bonchev–Trinajstić information content (AvgIpc) is 3.38. The van der Waals surface area contributed by atoms with Gasteiger partial charge in [-0.15, -0.1) is 0 Å². The molecule has 0 unspecified atom stereocenters. The largest absolute Gasteiger partial charge is 0.274 e. The third-order valence-electron chi connectivity index (χ3n) is 6.33. The Labute approximate surface area is 150 Å². The van der Waals surface area contributed by atoms with Crippen molar-refractivity contribution < 1.29 is 14.5 Å². The molecule has 3 aliphatic carbocycles. The number of hydrogen-bond acceptors (Lipinski definition) is 4. The molecule has 0 spiro atoms. The van der Waals surface area contributed by atoms with Crippen molar-refractivity contribution in [3.63, 3.8) is 0 Å². The first kappa shape index (κ1) is 15.5. The molecule has 1 aromatic rings. The standard InChI is InChI=1S/C20H18N2O4/c23-19-17-14-8-9-15(16(14)11-4-1-2-5-11)18(17)20(24)21(19)12-6-3-7-13(10-12)22(25)26/h3,6-10,14-15,17-18H,1-2,4-5H2/t14-,15-,17+,18+/m1/s1. The molecular formula is C20H18N2O4. The van der Waals surface area contributed by atoms with Crippen LogP contribution < -0.4 is 4.90 Å². The third-order valence-corrected chi connectivity index (χ3v) is 6.33. The van der Waals surface area contributed by atoms with Gasteiger partial charge in [0.05, 0.1) is 22.4 Å². The van der Waals surface area contributed by atoms with Crippen molar-refractivity contribution in [2.75, 3.05) is 4.90 Å². The summed E-state index contributed by atoms with van der Waals surface area (Å²) in [7, 11) is 0. The van der Waals surface area contributed by atoms with Crippen LogP contribution in [-0.2, 0) is 9.59 Å². The summed E-state index contributed by atoms with van der Waals surface area (Å²) in [5.41, 5.74) is 2.95. The predicted octanol–water partition coefficient (Wildman–Crippen LogP) is 3.39. The molecule has 1 aromatic carbocycles. The number of nitro groups is 1. The van der Waals surface area contributed by atoms with Gasteiger partial charge in [0.15, 0.2) is 0 Å². The van der Waals surface area contributed by atoms with Crippen molar-refractivity contribution in [2.24, 2.45) is 23.7 Å². The quantitative estimate of drug-likeness (QED) is 0.354. The van der Waals surface area contributed by atoms with Crippen molar-refractivity contribution in [1.82, 2.24) is 0 Å². The molecule has 6 heteroatoms. The van der Waals surface area contributed by atoms with Crippen molar-refractivity contribution >= 4 is 23.2 Å². The maximum Gasteiger partial charge on any atom is 0.271 e. The minimum atomic E-state index is -0.511. The number of carbonyl (C=O) groups excluding carboxylic acids is 2. The molecule has 2 amide bonds. The van der Waals surface area contributed by atoms with E-state index in [1.165, 1.54) is 47.1 Å². The highest BCUT2D eigenvalue weighted by Gasteiger charge is 2.62. The summed E-state index contributed by atoms with van der Waals surface area (Å²) in [4.78, 5) is 37.9. The molecule has 5 rings (SSSR count). The normalized spacial score (nSPS) is 32.1. The summed E-state index contributed by atoms with van der Waals surface area (Å²) < 4.78 is 0. The maximum absolute atomic E-state index is 13.1. The van der Waals surface area contributed by atoms with Crippen molar-refractivity contribution in [3.05, 3.63) is 57.7 Å². The van der Waals surface area contributed by atoms with Crippen LogP contribution in [0.5, 0.6) is 0 Å². The van der Waals surface area contributed by atoms with Gasteiger partial charge in [0.25, 0.3) is 5.69 Å². The van der Waals surface area contributed by atoms with Crippen LogP contribution in [0.25, 0.3) is 0 Å². The Morgan fingerprint density at radius 2 is 1.62 bits per heavy atom. The molecule has 26 heavy (non-hydrogen) atoms. The maximum atomic E-state index is 13.1. The van der Waals surface area contributed by atoms with Crippen LogP contribution in [0.15, 0.2) is 47.6 Å². The fourth-order valence-corrected chi connectivity index (χ4v) is 5.33. The Morgan fingerprint density at radius 1 is 1.00 bits per heavy atom. The Kier molecular flexibility index (Phi) is 3.20. The number of carbonyl (C=O) groups is 2. The molecule has 1 aliphatic heterocycles. The number of anilines is 1. The van der Waals surface area contributed by atoms with Crippen LogP contribution >= 0.6 is 0 Å². The van der Waals surface area contributed by atoms with Gasteiger partial charge in [-0.05, 0) is 31.7 Å². The van der Waals surface area contributed by atoms with E-state index in [2.05, 4.69) is 12.2 Å². The number of nitrogens with zero attached hydrogens (tertiary/aromatic N) is 2. The van der Waals surface area contributed by atoms with E-state index >= 15 is 0 Å². The zero-order chi connectivity index (χ0) is 18.0. The molecule has 4 aliphatic rings. The van der Waals surface area contributed by atoms with Crippen LogP contribution in [0.3, 0.4) is 0 Å². The lowest BCUT2D eigenvalue weighted by Gasteiger charge is -2.19. The lowest BCUT2D eigenvalue weighted by Crippen LogP contribution is -2.33. The number of rotatable bonds is 2. The molecule has 132 valence electrons. The predicted molar refractivity (Wildman–Crippen MR) is 94.2 cm³/mol. The van der Waals surface area contributed by atoms with E-state index < -0.39 is 4.92 Å². The molecule has 0 radical (unpaired) electrons. The molecular weight excluding hydrogens is 332 g/mol. The molecule has 3 fully saturated rings. The van der Waals surface area contributed by atoms with E-state index in [0.717, 1.165) is 12.8 Å². The van der Waals surface area contributed by atoms with Crippen molar-refractivity contribution in [2.45, 2.75) is 25.7 Å². The number of imide groups is 1. The number of benzene rings is 1. The van der Waals surface area contributed by atoms with E-state index in [9.17, 15) is 19.7 Å². The number of allylic oxidation sites excluding steroid dienone is 4. The minimum absolute atomic E-state index is 0.0262. The second-order valence-corrected chi connectivity index (χ2v) is 7.54. The first-order chi connectivity index (χ1) is 12.6. The van der Waals surface area contributed by atoms with Crippen LogP contribution in [0.1, 0.15) is 25.7 Å². The Balaban J connectivity index is 1.54. The highest BCUT2D eigenvalue weighted by atomic mass is 16.6. The Hall–Kier alpha value is -2.76. The van der Waals surface area contributed by atoms with Crippen molar-refractivity contribution in [3.8, 4) is 0 Å². The highest BCUT2D eigenvalue weighted by molar-refractivity contribution is 6.23. The second-order valence-electron chi connectivity index (χ2n) is 7.54. The molecule has 2 saturated carbocycles. The lowest BCUT2D eigenvalue weighted by molar-refractivity contribution is -0.384. The summed E-state index contributed by atoms with van der Waals surface area (Å²) >= 11 is 0. The van der Waals surface area contributed by atoms with Gasteiger partial charge in [-0.2, -0.15) is 0 Å². The average molecular weight is 350 g/mol. The molecule has 4 atom stereocenters. The molecule has 1 saturated heterocycles. The number of fused-ring (bicyclic) bond motifs is 5. The fourth-order valence-electron chi connectivity index (χ4n) is 5.33. The van der Waals surface area contributed by atoms with Crippen LogP contribution in [0.4, 0.5) is 11.4 Å². The Morgan fingerprint density at radius 3 is 2.19 bits per heavy atom. The molecule has 2 bridgehead atoms. The van der Waals surface area contributed by atoms with Crippen molar-refractivity contribution in [1.29, 1.82) is 0 Å². The van der Waals surface area contributed by atoms with E-state index in [0.29, 0.717) is 5.69 Å². The molecule has 6 nitrogen and oxygen atoms in total. The van der Waals surface area contributed by atoms with Gasteiger partial charge in [0.1, 0.15) is 0 Å². The zero-order valence-corrected chi connectivity index (χ0v) is 14.1. The topological polar surface area (TPSA) is 80.5 Å². The SMILES string of the molecule is O=C1[C@@H]2[C@@H](C(=O)N1c1cccc([N+](=O)[O-])c1)[C@@H]1C=C[C@@H]2C1=C1CCCC1. The lowest BCUT2D eigenvalue weighted by atomic mass is 9.85. The summed E-state index contributed by atoms with van der Waals surface area (Å²) in [5, 5.41) is 11.0. The third kappa shape index (κ3) is 1.92. The van der Waals surface area contributed by atoms with E-state index in [1.807, 2.05) is 0 Å². The zero-order valence-electron chi connectivity index (χ0n) is 14.1. The first-order valence-corrected chi connectivity index (χ1v) is 9.10. The Bertz CT molecular complexity index is 874. The van der Waals surface area contributed by atoms with Crippen LogP contribution in [0, 0.1) is 33.8 Å². The summed E-state index contributed by atoms with van der Waals surface area (Å²) in [6, 6.07) is 5.78. The number of nitro benzene ring substituents is 1. The van der Waals surface area contributed by atoms with Crippen LogP contribution in [0.2, 0.25) is 0 Å². The summed E-state index contributed by atoms with van der Waals surface area (Å²) in [6.45, 7) is 0. The molecule has 1 heterocycles. The minimum Gasteiger partial charge on any atom is -0.274 e. The van der Waals surface area contributed by atoms with Gasteiger partial charge in [-0.3, -0.25) is 19.7 Å². The summed E-state index contributed by atoms with van der Waals surface area (Å²) in [6.07, 6.45) is 8.73. The van der Waals surface area contributed by atoms with E-state index in [4.69, 9.17) is 0 Å². The highest BCUT2D eigenvalue weighted by Crippen LogP contribution is 2.58. The second kappa shape index (κ2) is 5.37. The van der Waals surface area contributed by atoms with Gasteiger partial charge in [0.2, 0.25) is 11.8 Å². The molecule has 0 N–H and O–H groups in total. The number of hydrogen-bond donors (Lipinski definition) is 0. The van der Waals surface area contributed by atoms with Crippen LogP contribution in [-0.4, -0.2) is 16.7 Å². The fraction of sp³-hybridized carbons (Fsp3) is 0.400. The summed E-state index contributed by atoms with van der Waals surface area (Å²) in [5.74, 6) is -1.07. The van der Waals surface area contributed by atoms with Gasteiger partial charge in [-0.1, -0.05) is 29.4 Å². The monoisotopic (exact) mass is 350 g/mol. The smallest absolute Gasteiger partial charge is 0.271 e.